The maximum atomic E-state index is 12.8. The van der Waals surface area contributed by atoms with Crippen molar-refractivity contribution in [1.82, 2.24) is 5.32 Å². The van der Waals surface area contributed by atoms with E-state index in [9.17, 15) is 15.0 Å². The quantitative estimate of drug-likeness (QED) is 0.125. The molecule has 0 saturated heterocycles. The van der Waals surface area contributed by atoms with E-state index in [-0.39, 0.29) is 23.8 Å². The van der Waals surface area contributed by atoms with E-state index in [2.05, 4.69) is 59.0 Å². The molecule has 7 unspecified atom stereocenters. The van der Waals surface area contributed by atoms with Gasteiger partial charge in [-0.25, -0.2) is 0 Å². The normalized spacial score (nSPS) is 17.2. The number of hydrogen-bond acceptors (Lipinski definition) is 4. The summed E-state index contributed by atoms with van der Waals surface area (Å²) in [5.74, 6) is 4.08. The zero-order valence-corrected chi connectivity index (χ0v) is 28.8. The van der Waals surface area contributed by atoms with Gasteiger partial charge in [0, 0.05) is 13.0 Å². The van der Waals surface area contributed by atoms with Crippen LogP contribution in [0.2, 0.25) is 0 Å². The van der Waals surface area contributed by atoms with Crippen LogP contribution in [-0.4, -0.2) is 41.5 Å². The van der Waals surface area contributed by atoms with E-state index in [1.54, 1.807) is 12.1 Å². The molecule has 248 valence electrons. The number of carbonyl (C=O) groups excluding carboxylic acids is 1. The molecule has 1 amide bonds. The molecule has 0 radical (unpaired) electrons. The van der Waals surface area contributed by atoms with Crippen LogP contribution in [0.5, 0.6) is 5.75 Å². The van der Waals surface area contributed by atoms with E-state index in [1.165, 1.54) is 25.7 Å². The summed E-state index contributed by atoms with van der Waals surface area (Å²) in [6, 6.07) is 17.2. The van der Waals surface area contributed by atoms with Crippen molar-refractivity contribution < 1.29 is 19.7 Å². The van der Waals surface area contributed by atoms with Gasteiger partial charge in [-0.1, -0.05) is 84.0 Å². The summed E-state index contributed by atoms with van der Waals surface area (Å²) in [6.45, 7) is 17.1. The van der Waals surface area contributed by atoms with Gasteiger partial charge in [-0.2, -0.15) is 0 Å². The van der Waals surface area contributed by atoms with E-state index in [4.69, 9.17) is 4.74 Å². The van der Waals surface area contributed by atoms with E-state index < -0.39 is 0 Å². The zero-order valence-electron chi connectivity index (χ0n) is 28.8. The van der Waals surface area contributed by atoms with Crippen LogP contribution < -0.4 is 5.32 Å². The predicted molar refractivity (Wildman–Crippen MR) is 184 cm³/mol. The van der Waals surface area contributed by atoms with Crippen LogP contribution in [0.3, 0.4) is 0 Å². The number of phenols is 1. The standard InChI is InChI=1S/C39H63NO4/c1-28(20-30(3)22-32(5)24-34(7)41)19-29(2)21-31(4)23-33(6)26-44-27-37(25-36-13-16-38(42)17-14-36)40-39(43)18-15-35-11-9-8-10-12-35/h8-14,16-17,28-34,37,41-42H,15,18-27H2,1-7H3,(H,40,43)/t28?,29?,30?,31?,32?,33?,34?,37-/m0/s1. The van der Waals surface area contributed by atoms with Crippen LogP contribution in [0, 0.1) is 35.5 Å². The van der Waals surface area contributed by atoms with Crippen molar-refractivity contribution in [2.75, 3.05) is 13.2 Å². The Morgan fingerprint density at radius 3 is 1.68 bits per heavy atom. The summed E-state index contributed by atoms with van der Waals surface area (Å²) in [7, 11) is 0. The third-order valence-electron chi connectivity index (χ3n) is 8.76. The molecule has 2 rings (SSSR count). The van der Waals surface area contributed by atoms with Crippen LogP contribution in [0.25, 0.3) is 0 Å². The highest BCUT2D eigenvalue weighted by Crippen LogP contribution is 2.29. The van der Waals surface area contributed by atoms with Crippen molar-refractivity contribution >= 4 is 5.91 Å². The molecule has 0 saturated carbocycles. The number of aliphatic hydroxyl groups excluding tert-OH is 1. The number of aromatic hydroxyl groups is 1. The van der Waals surface area contributed by atoms with E-state index in [0.29, 0.717) is 62.1 Å². The Morgan fingerprint density at radius 1 is 0.659 bits per heavy atom. The minimum atomic E-state index is -0.202. The van der Waals surface area contributed by atoms with Gasteiger partial charge in [-0.15, -0.1) is 0 Å². The van der Waals surface area contributed by atoms with Crippen LogP contribution in [0.1, 0.15) is 105 Å². The minimum Gasteiger partial charge on any atom is -0.508 e. The van der Waals surface area contributed by atoms with Crippen molar-refractivity contribution in [3.63, 3.8) is 0 Å². The van der Waals surface area contributed by atoms with Crippen LogP contribution in [0.4, 0.5) is 0 Å². The van der Waals surface area contributed by atoms with Crippen molar-refractivity contribution in [1.29, 1.82) is 0 Å². The lowest BCUT2D eigenvalue weighted by molar-refractivity contribution is -0.122. The van der Waals surface area contributed by atoms with Gasteiger partial charge in [-0.3, -0.25) is 4.79 Å². The number of aliphatic hydroxyl groups is 1. The second-order valence-corrected chi connectivity index (χ2v) is 14.6. The van der Waals surface area contributed by atoms with Gasteiger partial charge in [0.15, 0.2) is 0 Å². The smallest absolute Gasteiger partial charge is 0.220 e. The first-order valence-corrected chi connectivity index (χ1v) is 17.3. The van der Waals surface area contributed by atoms with Crippen molar-refractivity contribution in [2.45, 2.75) is 118 Å². The number of aryl methyl sites for hydroxylation is 1. The molecule has 0 spiro atoms. The molecule has 5 heteroatoms. The number of nitrogens with one attached hydrogen (secondary N) is 1. The summed E-state index contributed by atoms with van der Waals surface area (Å²) >= 11 is 0. The molecule has 2 aromatic carbocycles. The second-order valence-electron chi connectivity index (χ2n) is 14.6. The third kappa shape index (κ3) is 17.2. The SMILES string of the molecule is CC(O)CC(C)CC(C)CC(C)CC(C)CC(C)CC(C)COC[C@H](Cc1ccc(O)cc1)NC(=O)CCc1ccccc1. The summed E-state index contributed by atoms with van der Waals surface area (Å²) < 4.78 is 6.21. The predicted octanol–water partition coefficient (Wildman–Crippen LogP) is 8.61. The highest BCUT2D eigenvalue weighted by atomic mass is 16.5. The van der Waals surface area contributed by atoms with Crippen molar-refractivity contribution in [3.8, 4) is 5.75 Å². The molecule has 2 aromatic rings. The van der Waals surface area contributed by atoms with Crippen molar-refractivity contribution in [3.05, 3.63) is 65.7 Å². The fourth-order valence-corrected chi connectivity index (χ4v) is 7.25. The number of ether oxygens (including phenoxy) is 1. The molecule has 0 aliphatic rings. The Hall–Kier alpha value is -2.37. The number of benzene rings is 2. The van der Waals surface area contributed by atoms with Crippen molar-refractivity contribution in [2.24, 2.45) is 35.5 Å². The largest absolute Gasteiger partial charge is 0.508 e. The molecular formula is C39H63NO4. The lowest BCUT2D eigenvalue weighted by Crippen LogP contribution is -2.40. The minimum absolute atomic E-state index is 0.0368. The average Bonchev–Trinajstić information content (AvgIpc) is 2.92. The Labute approximate surface area is 269 Å². The number of phenolic OH excluding ortho intramolecular Hbond substituents is 1. The first-order valence-electron chi connectivity index (χ1n) is 17.3. The maximum Gasteiger partial charge on any atom is 0.220 e. The molecule has 0 aliphatic carbocycles. The van der Waals surface area contributed by atoms with Gasteiger partial charge in [0.1, 0.15) is 5.75 Å². The average molecular weight is 610 g/mol. The highest BCUT2D eigenvalue weighted by Gasteiger charge is 2.19. The topological polar surface area (TPSA) is 78.8 Å². The van der Waals surface area contributed by atoms with Gasteiger partial charge in [-0.05, 0) is 117 Å². The van der Waals surface area contributed by atoms with Gasteiger partial charge in [0.2, 0.25) is 5.91 Å². The van der Waals surface area contributed by atoms with E-state index in [1.807, 2.05) is 37.3 Å². The Kier molecular flexibility index (Phi) is 17.7. The van der Waals surface area contributed by atoms with Crippen LogP contribution in [-0.2, 0) is 22.4 Å². The fraction of sp³-hybridized carbons (Fsp3) is 0.667. The zero-order chi connectivity index (χ0) is 32.5. The van der Waals surface area contributed by atoms with Crippen LogP contribution in [0.15, 0.2) is 54.6 Å². The first kappa shape index (κ1) is 37.8. The molecule has 44 heavy (non-hydrogen) atoms. The fourth-order valence-electron chi connectivity index (χ4n) is 7.25. The molecule has 3 N–H and O–H groups in total. The Bertz CT molecular complexity index is 1020. The molecule has 5 nitrogen and oxygen atoms in total. The van der Waals surface area contributed by atoms with Gasteiger partial charge >= 0.3 is 0 Å². The number of carbonyl (C=O) groups is 1. The monoisotopic (exact) mass is 609 g/mol. The second kappa shape index (κ2) is 20.6. The summed E-state index contributed by atoms with van der Waals surface area (Å²) in [5, 5.41) is 22.5. The summed E-state index contributed by atoms with van der Waals surface area (Å²) in [4.78, 5) is 12.8. The summed E-state index contributed by atoms with van der Waals surface area (Å²) in [6.07, 6.45) is 8.63. The van der Waals surface area contributed by atoms with E-state index >= 15 is 0 Å². The molecule has 0 fully saturated rings. The number of rotatable bonds is 22. The van der Waals surface area contributed by atoms with Crippen LogP contribution >= 0.6 is 0 Å². The Morgan fingerprint density at radius 2 is 1.16 bits per heavy atom. The highest BCUT2D eigenvalue weighted by molar-refractivity contribution is 5.76. The third-order valence-corrected chi connectivity index (χ3v) is 8.76. The number of amides is 1. The lowest BCUT2D eigenvalue weighted by Gasteiger charge is -2.25. The van der Waals surface area contributed by atoms with Gasteiger partial charge in [0.05, 0.1) is 18.8 Å². The number of hydrogen-bond donors (Lipinski definition) is 3. The molecule has 0 heterocycles. The molecule has 8 atom stereocenters. The molecular weight excluding hydrogens is 546 g/mol. The molecule has 0 aromatic heterocycles. The first-order chi connectivity index (χ1) is 20.9. The van der Waals surface area contributed by atoms with Gasteiger partial charge in [0.25, 0.3) is 0 Å². The molecule has 0 bridgehead atoms. The van der Waals surface area contributed by atoms with E-state index in [0.717, 1.165) is 29.9 Å². The molecule has 0 aliphatic heterocycles. The lowest BCUT2D eigenvalue weighted by atomic mass is 9.81. The Balaban J connectivity index is 1.75. The van der Waals surface area contributed by atoms with Gasteiger partial charge < -0.3 is 20.3 Å². The maximum absolute atomic E-state index is 12.8. The summed E-state index contributed by atoms with van der Waals surface area (Å²) in [5.41, 5.74) is 2.22.